The minimum atomic E-state index is -1.46. The van der Waals surface area contributed by atoms with Crippen molar-refractivity contribution in [1.82, 2.24) is 0 Å². The van der Waals surface area contributed by atoms with Crippen molar-refractivity contribution in [3.05, 3.63) is 11.5 Å². The molecule has 10 N–H and O–H groups in total. The van der Waals surface area contributed by atoms with E-state index < -0.39 is 23.9 Å². The molecule has 12 heteroatoms. The summed E-state index contributed by atoms with van der Waals surface area (Å²) in [6.45, 7) is 0.472. The van der Waals surface area contributed by atoms with E-state index in [0.29, 0.717) is 0 Å². The van der Waals surface area contributed by atoms with Crippen LogP contribution in [0, 0.1) is 0 Å². The van der Waals surface area contributed by atoms with Crippen molar-refractivity contribution < 1.29 is 108 Å². The monoisotopic (exact) mass is 340 g/mol. The van der Waals surface area contributed by atoms with E-state index in [9.17, 15) is 19.2 Å². The van der Waals surface area contributed by atoms with Gasteiger partial charge >= 0.3 is 92.0 Å². The first-order chi connectivity index (χ1) is 7.20. The van der Waals surface area contributed by atoms with Gasteiger partial charge in [-0.2, -0.15) is 13.1 Å². The minimum Gasteiger partial charge on any atom is -0.679 e. The third kappa shape index (κ3) is 44.5. The molecule has 0 spiro atoms. The molecule has 0 aliphatic rings. The third-order valence-corrected chi connectivity index (χ3v) is 0.537. The first-order valence-electron chi connectivity index (χ1n) is 3.52. The summed E-state index contributed by atoms with van der Waals surface area (Å²) in [4.78, 5) is 37.1. The Hall–Kier alpha value is -0.0571. The van der Waals surface area contributed by atoms with Crippen molar-refractivity contribution >= 4 is 23.9 Å². The molecular weight excluding hydrogens is 326 g/mol. The number of carbonyl (C=O) groups is 4. The third-order valence-electron chi connectivity index (χ3n) is 0.537. The van der Waals surface area contributed by atoms with Crippen LogP contribution >= 0.6 is 0 Å². The van der Waals surface area contributed by atoms with Crippen LogP contribution in [0.4, 0.5) is 0 Å². The quantitative estimate of drug-likeness (QED) is 0.259. The fourth-order valence-electron chi connectivity index (χ4n) is 0. The normalized spacial score (nSPS) is 6.56. The van der Waals surface area contributed by atoms with Gasteiger partial charge in [0, 0.05) is 0 Å². The maximum atomic E-state index is 9.27. The number of nitrogens with one attached hydrogen (secondary N) is 2. The second-order valence-corrected chi connectivity index (χ2v) is 1.82. The molecule has 0 aliphatic carbocycles. The van der Waals surface area contributed by atoms with Crippen molar-refractivity contribution in [2.45, 2.75) is 0 Å². The van der Waals surface area contributed by atoms with Crippen LogP contribution in [0.15, 0.2) is 0 Å². The average Bonchev–Trinajstić information content (AvgIpc) is 2.18. The van der Waals surface area contributed by atoms with E-state index in [0.717, 1.165) is 0 Å². The van der Waals surface area contributed by atoms with Gasteiger partial charge in [-0.05, 0) is 0 Å². The molecule has 18 heavy (non-hydrogen) atoms. The number of hydrogen-bond donors (Lipinski definition) is 0. The Kier molecular flexibility index (Phi) is 37.8. The van der Waals surface area contributed by atoms with Crippen LogP contribution in [-0.2, 0) is 36.0 Å². The van der Waals surface area contributed by atoms with E-state index >= 15 is 0 Å². The molecule has 100 valence electrons. The molecule has 0 aromatic heterocycles. The Morgan fingerprint density at radius 1 is 0.667 bits per heavy atom. The SMILES string of the molecule is O=C([OH2+])C(=O)[OH2+].O=C([OH2+])C(=O)[OH2+].[Co+3].[K+].[NH-]CC[NH-]. The Labute approximate surface area is 154 Å². The smallest absolute Gasteiger partial charge is 0.679 e. The number of carbonyl (C=O) groups excluding carboxylic acids is 4. The molecule has 0 amide bonds. The van der Waals surface area contributed by atoms with Gasteiger partial charge in [-0.1, -0.05) is 0 Å². The Bertz CT molecular complexity index is 212. The van der Waals surface area contributed by atoms with Crippen LogP contribution in [0.25, 0.3) is 11.5 Å². The molecule has 0 aromatic rings. The zero-order valence-corrected chi connectivity index (χ0v) is 13.5. The first kappa shape index (κ1) is 30.7. The van der Waals surface area contributed by atoms with Crippen molar-refractivity contribution in [3.8, 4) is 0 Å². The van der Waals surface area contributed by atoms with Crippen molar-refractivity contribution in [2.24, 2.45) is 0 Å². The van der Waals surface area contributed by atoms with Crippen LogP contribution in [0.5, 0.6) is 0 Å². The van der Waals surface area contributed by atoms with Gasteiger partial charge in [0.2, 0.25) is 0 Å². The summed E-state index contributed by atoms with van der Waals surface area (Å²) >= 11 is 0. The summed E-state index contributed by atoms with van der Waals surface area (Å²) in [5.41, 5.74) is 12.5. The number of rotatable bonds is 1. The van der Waals surface area contributed by atoms with E-state index in [1.54, 1.807) is 0 Å². The van der Waals surface area contributed by atoms with E-state index in [4.69, 9.17) is 31.9 Å². The molecule has 0 saturated heterocycles. The van der Waals surface area contributed by atoms with Crippen molar-refractivity contribution in [1.29, 1.82) is 0 Å². The molecule has 0 bridgehead atoms. The summed E-state index contributed by atoms with van der Waals surface area (Å²) in [6, 6.07) is 0. The average molecular weight is 340 g/mol. The molecule has 0 radical (unpaired) electrons. The molecule has 0 unspecified atom stereocenters. The second kappa shape index (κ2) is 22.2. The summed E-state index contributed by atoms with van der Waals surface area (Å²) in [6.07, 6.45) is 0. The Morgan fingerprint density at radius 3 is 0.778 bits per heavy atom. The topological polar surface area (TPSA) is 207 Å². The van der Waals surface area contributed by atoms with E-state index in [2.05, 4.69) is 0 Å². The van der Waals surface area contributed by atoms with Crippen molar-refractivity contribution in [2.75, 3.05) is 13.1 Å². The van der Waals surface area contributed by atoms with E-state index in [1.807, 2.05) is 0 Å². The molecule has 0 saturated carbocycles. The molecule has 0 rings (SSSR count). The minimum absolute atomic E-state index is 0. The molecular formula is C6H14CoKN2O8+6. The van der Waals surface area contributed by atoms with Gasteiger partial charge in [-0.25, -0.2) is 0 Å². The Balaban J connectivity index is -0.0000000454. The molecule has 0 aliphatic heterocycles. The predicted molar refractivity (Wildman–Crippen MR) is 52.9 cm³/mol. The predicted octanol–water partition coefficient (Wildman–Crippen LogP) is -6.93. The van der Waals surface area contributed by atoms with Crippen molar-refractivity contribution in [3.63, 3.8) is 0 Å². The molecule has 10 nitrogen and oxygen atoms in total. The Morgan fingerprint density at radius 2 is 0.778 bits per heavy atom. The molecule has 0 heterocycles. The van der Waals surface area contributed by atoms with Gasteiger partial charge in [-0.15, -0.1) is 0 Å². The van der Waals surface area contributed by atoms with Gasteiger partial charge in [0.25, 0.3) is 0 Å². The zero-order valence-electron chi connectivity index (χ0n) is 9.38. The van der Waals surface area contributed by atoms with Crippen LogP contribution in [-0.4, -0.2) is 57.4 Å². The van der Waals surface area contributed by atoms with Gasteiger partial charge < -0.3 is 31.9 Å². The largest absolute Gasteiger partial charge is 3.00 e. The summed E-state index contributed by atoms with van der Waals surface area (Å²) in [5.74, 6) is -5.85. The second-order valence-electron chi connectivity index (χ2n) is 1.82. The van der Waals surface area contributed by atoms with Crippen LogP contribution in [0.3, 0.4) is 0 Å². The van der Waals surface area contributed by atoms with Gasteiger partial charge in [0.1, 0.15) is 0 Å². The maximum absolute atomic E-state index is 9.27. The van der Waals surface area contributed by atoms with Crippen LogP contribution in [0.2, 0.25) is 0 Å². The van der Waals surface area contributed by atoms with Crippen LogP contribution in [0.1, 0.15) is 0 Å². The van der Waals surface area contributed by atoms with E-state index in [1.165, 1.54) is 0 Å². The van der Waals surface area contributed by atoms with E-state index in [-0.39, 0.29) is 81.3 Å². The molecule has 0 atom stereocenters. The summed E-state index contributed by atoms with van der Waals surface area (Å²) in [7, 11) is 0. The fraction of sp³-hybridized carbons (Fsp3) is 0.333. The fourth-order valence-corrected chi connectivity index (χ4v) is 0. The van der Waals surface area contributed by atoms with Gasteiger partial charge in [0.15, 0.2) is 0 Å². The molecule has 0 aromatic carbocycles. The maximum Gasteiger partial charge on any atom is 3.00 e. The summed E-state index contributed by atoms with van der Waals surface area (Å²) < 4.78 is 0. The van der Waals surface area contributed by atoms with Crippen LogP contribution < -0.4 is 51.4 Å². The van der Waals surface area contributed by atoms with Gasteiger partial charge in [0.05, 0.1) is 19.2 Å². The zero-order chi connectivity index (χ0) is 13.7. The van der Waals surface area contributed by atoms with Gasteiger partial charge in [-0.3, -0.25) is 0 Å². The first-order valence-corrected chi connectivity index (χ1v) is 3.52. The molecule has 0 fully saturated rings. The summed E-state index contributed by atoms with van der Waals surface area (Å²) in [5, 5.41) is 23.4. The standard InChI is InChI=1S/C2H6N2.2C2H2O4.Co.K/c3-1-2-4;2*3-1(4)2(5)6;;/h3-4H,1-2H2;2*(H,3,4)(H,5,6);;/q-2;;;+3;+1/p+4. The number of hydrogen-bond acceptors (Lipinski definition) is 4.